The highest BCUT2D eigenvalue weighted by molar-refractivity contribution is 6.02. The first-order valence-corrected chi connectivity index (χ1v) is 6.60. The number of cyclic esters (lactones) is 1. The molecule has 6 heteroatoms. The number of hydrogen-bond acceptors (Lipinski definition) is 6. The highest BCUT2D eigenvalue weighted by atomic mass is 16.7. The molecule has 2 atom stereocenters. The Balaban J connectivity index is 2.21. The molecule has 21 heavy (non-hydrogen) atoms. The number of nitrogens with zero attached hydrogens (tertiary/aromatic N) is 1. The Bertz CT molecular complexity index is 612. The molecular weight excluding hydrogens is 274 g/mol. The molecule has 0 N–H and O–H groups in total. The number of hydrogen-bond donors (Lipinski definition) is 0. The van der Waals surface area contributed by atoms with Gasteiger partial charge in [-0.05, 0) is 12.5 Å². The van der Waals surface area contributed by atoms with E-state index in [0.717, 1.165) is 0 Å². The molecule has 6 nitrogen and oxygen atoms in total. The summed E-state index contributed by atoms with van der Waals surface area (Å²) in [5, 5.41) is 1.50. The third-order valence-corrected chi connectivity index (χ3v) is 3.75. The molecule has 1 aromatic carbocycles. The van der Waals surface area contributed by atoms with Crippen molar-refractivity contribution in [1.82, 2.24) is 5.06 Å². The highest BCUT2D eigenvalue weighted by Gasteiger charge is 2.62. The Morgan fingerprint density at radius 1 is 1.38 bits per heavy atom. The number of carbonyl (C=O) groups is 2. The Morgan fingerprint density at radius 2 is 2.10 bits per heavy atom. The number of ether oxygens (including phenoxy) is 2. The predicted octanol–water partition coefficient (Wildman–Crippen LogP) is 1.13. The third-order valence-electron chi connectivity index (χ3n) is 3.75. The van der Waals surface area contributed by atoms with Crippen LogP contribution in [0.3, 0.4) is 0 Å². The van der Waals surface area contributed by atoms with Crippen molar-refractivity contribution in [1.29, 1.82) is 0 Å². The summed E-state index contributed by atoms with van der Waals surface area (Å²) in [6.07, 6.45) is 1.27. The number of esters is 2. The largest absolute Gasteiger partial charge is 0.465 e. The molecule has 0 radical (unpaired) electrons. The van der Waals surface area contributed by atoms with Crippen LogP contribution in [0, 0.1) is 0 Å². The first-order valence-electron chi connectivity index (χ1n) is 6.60. The second kappa shape index (κ2) is 4.89. The molecular formula is C15H15NO5. The lowest BCUT2D eigenvalue weighted by Gasteiger charge is -2.42. The van der Waals surface area contributed by atoms with E-state index in [0.29, 0.717) is 5.56 Å². The summed E-state index contributed by atoms with van der Waals surface area (Å²) in [5.74, 6) is -1.16. The normalized spacial score (nSPS) is 28.2. The molecule has 0 aliphatic carbocycles. The van der Waals surface area contributed by atoms with E-state index in [2.05, 4.69) is 0 Å². The SMILES string of the molecule is COC(=O)C1=CON2[C@@H](C)COC(=O)[C@]12c1ccccc1. The minimum absolute atomic E-state index is 0.118. The van der Waals surface area contributed by atoms with Crippen LogP contribution in [0.25, 0.3) is 0 Å². The van der Waals surface area contributed by atoms with Crippen LogP contribution < -0.4 is 0 Å². The molecule has 0 unspecified atom stereocenters. The average Bonchev–Trinajstić information content (AvgIpc) is 2.93. The Kier molecular flexibility index (Phi) is 3.17. The molecule has 1 saturated heterocycles. The fourth-order valence-electron chi connectivity index (χ4n) is 2.78. The molecule has 1 aromatic rings. The maximum Gasteiger partial charge on any atom is 0.339 e. The van der Waals surface area contributed by atoms with Crippen LogP contribution in [-0.2, 0) is 29.4 Å². The van der Waals surface area contributed by atoms with Crippen molar-refractivity contribution in [2.45, 2.75) is 18.5 Å². The first kappa shape index (κ1) is 13.6. The maximum absolute atomic E-state index is 12.6. The van der Waals surface area contributed by atoms with Gasteiger partial charge in [-0.2, -0.15) is 0 Å². The Labute approximate surface area is 121 Å². The summed E-state index contributed by atoms with van der Waals surface area (Å²) in [6, 6.07) is 8.75. The second-order valence-corrected chi connectivity index (χ2v) is 4.98. The van der Waals surface area contributed by atoms with Gasteiger partial charge in [0.05, 0.1) is 13.2 Å². The molecule has 3 rings (SSSR count). The highest BCUT2D eigenvalue weighted by Crippen LogP contribution is 2.45. The fraction of sp³-hybridized carbons (Fsp3) is 0.333. The second-order valence-electron chi connectivity index (χ2n) is 4.98. The lowest BCUT2D eigenvalue weighted by Crippen LogP contribution is -2.60. The van der Waals surface area contributed by atoms with Crippen LogP contribution in [0.5, 0.6) is 0 Å². The lowest BCUT2D eigenvalue weighted by atomic mass is 9.81. The van der Waals surface area contributed by atoms with E-state index < -0.39 is 17.5 Å². The first-order chi connectivity index (χ1) is 10.1. The lowest BCUT2D eigenvalue weighted by molar-refractivity contribution is -0.228. The molecule has 0 aromatic heterocycles. The molecule has 0 amide bonds. The zero-order valence-corrected chi connectivity index (χ0v) is 11.7. The Hall–Kier alpha value is -2.34. The quantitative estimate of drug-likeness (QED) is 0.761. The molecule has 2 aliphatic heterocycles. The van der Waals surface area contributed by atoms with Gasteiger partial charge >= 0.3 is 11.9 Å². The summed E-state index contributed by atoms with van der Waals surface area (Å²) < 4.78 is 10.1. The van der Waals surface area contributed by atoms with E-state index in [9.17, 15) is 9.59 Å². The third kappa shape index (κ3) is 1.76. The minimum Gasteiger partial charge on any atom is -0.465 e. The van der Waals surface area contributed by atoms with Gasteiger partial charge < -0.3 is 14.3 Å². The van der Waals surface area contributed by atoms with Crippen LogP contribution >= 0.6 is 0 Å². The van der Waals surface area contributed by atoms with Crippen molar-refractivity contribution in [3.05, 3.63) is 47.7 Å². The van der Waals surface area contributed by atoms with Gasteiger partial charge in [0.25, 0.3) is 0 Å². The maximum atomic E-state index is 12.6. The minimum atomic E-state index is -1.41. The number of morpholine rings is 1. The summed E-state index contributed by atoms with van der Waals surface area (Å²) in [5.41, 5.74) is -0.685. The zero-order chi connectivity index (χ0) is 15.0. The monoisotopic (exact) mass is 289 g/mol. The summed E-state index contributed by atoms with van der Waals surface area (Å²) in [7, 11) is 1.27. The fourth-order valence-corrected chi connectivity index (χ4v) is 2.78. The molecule has 110 valence electrons. The van der Waals surface area contributed by atoms with Crippen LogP contribution in [-0.4, -0.2) is 36.8 Å². The van der Waals surface area contributed by atoms with E-state index in [-0.39, 0.29) is 18.2 Å². The van der Waals surface area contributed by atoms with Crippen molar-refractivity contribution in [2.24, 2.45) is 0 Å². The van der Waals surface area contributed by atoms with Crippen molar-refractivity contribution in [3.63, 3.8) is 0 Å². The van der Waals surface area contributed by atoms with Crippen molar-refractivity contribution in [2.75, 3.05) is 13.7 Å². The molecule has 0 spiro atoms. The van der Waals surface area contributed by atoms with Gasteiger partial charge in [0.1, 0.15) is 18.4 Å². The summed E-state index contributed by atoms with van der Waals surface area (Å²) in [4.78, 5) is 30.2. The number of carbonyl (C=O) groups excluding carboxylic acids is 2. The molecule has 2 aliphatic rings. The van der Waals surface area contributed by atoms with E-state index in [4.69, 9.17) is 14.3 Å². The van der Waals surface area contributed by atoms with Gasteiger partial charge in [0.15, 0.2) is 0 Å². The van der Waals surface area contributed by atoms with Gasteiger partial charge in [0.2, 0.25) is 5.54 Å². The predicted molar refractivity (Wildman–Crippen MR) is 71.6 cm³/mol. The summed E-state index contributed by atoms with van der Waals surface area (Å²) >= 11 is 0. The zero-order valence-electron chi connectivity index (χ0n) is 11.7. The summed E-state index contributed by atoms with van der Waals surface area (Å²) in [6.45, 7) is 2.06. The van der Waals surface area contributed by atoms with Crippen LogP contribution in [0.1, 0.15) is 12.5 Å². The van der Waals surface area contributed by atoms with Crippen LogP contribution in [0.2, 0.25) is 0 Å². The molecule has 0 saturated carbocycles. The number of hydroxylamine groups is 2. The molecule has 2 heterocycles. The van der Waals surface area contributed by atoms with Crippen LogP contribution in [0.15, 0.2) is 42.2 Å². The molecule has 0 bridgehead atoms. The van der Waals surface area contributed by atoms with Gasteiger partial charge in [-0.3, -0.25) is 0 Å². The van der Waals surface area contributed by atoms with E-state index in [1.165, 1.54) is 18.4 Å². The Morgan fingerprint density at radius 3 is 2.76 bits per heavy atom. The number of benzene rings is 1. The van der Waals surface area contributed by atoms with Gasteiger partial charge in [-0.25, -0.2) is 9.59 Å². The van der Waals surface area contributed by atoms with Crippen LogP contribution in [0.4, 0.5) is 0 Å². The van der Waals surface area contributed by atoms with E-state index in [1.807, 2.05) is 13.0 Å². The van der Waals surface area contributed by atoms with Crippen molar-refractivity contribution < 1.29 is 23.9 Å². The smallest absolute Gasteiger partial charge is 0.339 e. The van der Waals surface area contributed by atoms with Gasteiger partial charge in [-0.15, -0.1) is 5.06 Å². The molecule has 1 fully saturated rings. The number of rotatable bonds is 2. The van der Waals surface area contributed by atoms with Gasteiger partial charge in [-0.1, -0.05) is 30.3 Å². The van der Waals surface area contributed by atoms with E-state index >= 15 is 0 Å². The van der Waals surface area contributed by atoms with E-state index in [1.54, 1.807) is 24.3 Å². The van der Waals surface area contributed by atoms with Gasteiger partial charge in [0, 0.05) is 0 Å². The van der Waals surface area contributed by atoms with Crippen molar-refractivity contribution >= 4 is 11.9 Å². The van der Waals surface area contributed by atoms with Crippen molar-refractivity contribution in [3.8, 4) is 0 Å². The topological polar surface area (TPSA) is 65.1 Å². The number of methoxy groups -OCH3 is 1. The number of fused-ring (bicyclic) bond motifs is 1. The standard InChI is InChI=1S/C15H15NO5/c1-10-8-20-14(18)15(11-6-4-3-5-7-11)12(13(17)19-2)9-21-16(10)15/h3-7,9-10H,8H2,1-2H3/t10-,15-/m0/s1. The average molecular weight is 289 g/mol.